The molecular formula is C12H16O3S. The largest absolute Gasteiger partial charge is 0.487 e. The molecule has 4 heteroatoms. The van der Waals surface area contributed by atoms with Crippen LogP contribution in [0.2, 0.25) is 0 Å². The van der Waals surface area contributed by atoms with E-state index in [-0.39, 0.29) is 4.88 Å². The number of carboxylic acid groups (broad SMARTS) is 1. The Labute approximate surface area is 99.4 Å². The van der Waals surface area contributed by atoms with Gasteiger partial charge in [0, 0.05) is 4.88 Å². The fraction of sp³-hybridized carbons (Fsp3) is 0.417. The van der Waals surface area contributed by atoms with E-state index in [0.29, 0.717) is 18.3 Å². The van der Waals surface area contributed by atoms with Gasteiger partial charge in [0.05, 0.1) is 0 Å². The Morgan fingerprint density at radius 3 is 2.69 bits per heavy atom. The fourth-order valence-electron chi connectivity index (χ4n) is 1.13. The fourth-order valence-corrected chi connectivity index (χ4v) is 2.08. The maximum atomic E-state index is 11.0. The lowest BCUT2D eigenvalue weighted by molar-refractivity contribution is 0.0698. The zero-order valence-corrected chi connectivity index (χ0v) is 10.6. The van der Waals surface area contributed by atoms with Crippen molar-refractivity contribution in [3.63, 3.8) is 0 Å². The quantitative estimate of drug-likeness (QED) is 0.801. The van der Waals surface area contributed by atoms with Crippen molar-refractivity contribution < 1.29 is 14.6 Å². The maximum absolute atomic E-state index is 11.0. The molecule has 1 aromatic heterocycles. The second kappa shape index (κ2) is 5.16. The molecule has 88 valence electrons. The number of ether oxygens (including phenoxy) is 1. The molecule has 0 amide bonds. The highest BCUT2D eigenvalue weighted by molar-refractivity contribution is 7.14. The Bertz CT molecular complexity index is 404. The first-order valence-electron chi connectivity index (χ1n) is 5.06. The average molecular weight is 240 g/mol. The lowest BCUT2D eigenvalue weighted by Crippen LogP contribution is -2.01. The summed E-state index contributed by atoms with van der Waals surface area (Å²) in [6, 6.07) is 1.81. The van der Waals surface area contributed by atoms with Gasteiger partial charge in [-0.1, -0.05) is 20.4 Å². The molecule has 0 atom stereocenters. The van der Waals surface area contributed by atoms with Gasteiger partial charge in [-0.25, -0.2) is 4.79 Å². The number of thiophene rings is 1. The molecule has 3 nitrogen and oxygen atoms in total. The molecule has 0 bridgehead atoms. The van der Waals surface area contributed by atoms with E-state index in [4.69, 9.17) is 9.84 Å². The van der Waals surface area contributed by atoms with Crippen LogP contribution < -0.4 is 4.74 Å². The molecule has 0 spiro atoms. The first kappa shape index (κ1) is 12.8. The second-order valence-electron chi connectivity index (χ2n) is 4.05. The summed E-state index contributed by atoms with van der Waals surface area (Å²) in [4.78, 5) is 12.3. The van der Waals surface area contributed by atoms with Crippen LogP contribution in [0.1, 0.15) is 41.2 Å². The van der Waals surface area contributed by atoms with E-state index in [2.05, 4.69) is 6.58 Å². The van der Waals surface area contributed by atoms with Crippen LogP contribution in [0.5, 0.6) is 5.75 Å². The number of carboxylic acids is 1. The zero-order chi connectivity index (χ0) is 12.3. The zero-order valence-electron chi connectivity index (χ0n) is 9.74. The summed E-state index contributed by atoms with van der Waals surface area (Å²) >= 11 is 1.27. The summed E-state index contributed by atoms with van der Waals surface area (Å²) in [7, 11) is 0. The topological polar surface area (TPSA) is 46.5 Å². The van der Waals surface area contributed by atoms with Crippen LogP contribution in [0.15, 0.2) is 18.2 Å². The number of aromatic carboxylic acids is 1. The van der Waals surface area contributed by atoms with Crippen molar-refractivity contribution in [2.24, 2.45) is 0 Å². The normalized spacial score (nSPS) is 10.5. The van der Waals surface area contributed by atoms with Gasteiger partial charge in [0.15, 0.2) is 4.88 Å². The molecule has 0 aliphatic rings. The summed E-state index contributed by atoms with van der Waals surface area (Å²) < 4.78 is 5.42. The first-order valence-corrected chi connectivity index (χ1v) is 5.87. The van der Waals surface area contributed by atoms with E-state index < -0.39 is 5.97 Å². The third-order valence-electron chi connectivity index (χ3n) is 1.95. The van der Waals surface area contributed by atoms with Crippen molar-refractivity contribution in [3.8, 4) is 5.75 Å². The van der Waals surface area contributed by atoms with Gasteiger partial charge in [-0.15, -0.1) is 11.3 Å². The van der Waals surface area contributed by atoms with E-state index in [1.807, 2.05) is 26.8 Å². The molecule has 16 heavy (non-hydrogen) atoms. The first-order chi connectivity index (χ1) is 7.41. The van der Waals surface area contributed by atoms with Crippen molar-refractivity contribution >= 4 is 17.3 Å². The van der Waals surface area contributed by atoms with Crippen molar-refractivity contribution in [1.29, 1.82) is 0 Å². The van der Waals surface area contributed by atoms with Gasteiger partial charge in [-0.3, -0.25) is 0 Å². The molecule has 1 heterocycles. The summed E-state index contributed by atoms with van der Waals surface area (Å²) in [5.74, 6) is -0.178. The molecule has 0 aliphatic carbocycles. The Hall–Kier alpha value is -1.29. The molecule has 0 radical (unpaired) electrons. The second-order valence-corrected chi connectivity index (χ2v) is 5.13. The van der Waals surface area contributed by atoms with Gasteiger partial charge in [0.25, 0.3) is 0 Å². The molecule has 0 saturated carbocycles. The van der Waals surface area contributed by atoms with Gasteiger partial charge in [0.1, 0.15) is 12.4 Å². The summed E-state index contributed by atoms with van der Waals surface area (Å²) in [5, 5.41) is 9.03. The third-order valence-corrected chi connectivity index (χ3v) is 3.36. The van der Waals surface area contributed by atoms with Gasteiger partial charge in [0.2, 0.25) is 0 Å². The third kappa shape index (κ3) is 3.10. The molecule has 0 aliphatic heterocycles. The van der Waals surface area contributed by atoms with E-state index in [1.54, 1.807) is 0 Å². The van der Waals surface area contributed by atoms with Crippen LogP contribution in [0.25, 0.3) is 0 Å². The summed E-state index contributed by atoms with van der Waals surface area (Å²) in [5.41, 5.74) is 0.869. The lowest BCUT2D eigenvalue weighted by Gasteiger charge is -2.03. The van der Waals surface area contributed by atoms with Crippen LogP contribution in [-0.4, -0.2) is 17.7 Å². The van der Waals surface area contributed by atoms with Crippen LogP contribution in [-0.2, 0) is 0 Å². The van der Waals surface area contributed by atoms with Gasteiger partial charge >= 0.3 is 5.97 Å². The van der Waals surface area contributed by atoms with E-state index in [1.165, 1.54) is 11.3 Å². The lowest BCUT2D eigenvalue weighted by atomic mass is 10.2. The van der Waals surface area contributed by atoms with Crippen LogP contribution in [0, 0.1) is 0 Å². The van der Waals surface area contributed by atoms with E-state index >= 15 is 0 Å². The van der Waals surface area contributed by atoms with Gasteiger partial charge in [-0.2, -0.15) is 0 Å². The SMILES string of the molecule is C=C(C)COc1cc(C(C)C)sc1C(=O)O. The summed E-state index contributed by atoms with van der Waals surface area (Å²) in [6.07, 6.45) is 0. The van der Waals surface area contributed by atoms with Gasteiger partial charge in [-0.05, 0) is 24.5 Å². The Balaban J connectivity index is 2.96. The number of hydrogen-bond donors (Lipinski definition) is 1. The number of rotatable bonds is 5. The molecule has 0 saturated heterocycles. The Kier molecular flexibility index (Phi) is 4.12. The molecule has 1 rings (SSSR count). The Morgan fingerprint density at radius 1 is 1.62 bits per heavy atom. The van der Waals surface area contributed by atoms with Gasteiger partial charge < -0.3 is 9.84 Å². The number of hydrogen-bond acceptors (Lipinski definition) is 3. The minimum atomic E-state index is -0.936. The van der Waals surface area contributed by atoms with Crippen molar-refractivity contribution in [3.05, 3.63) is 28.0 Å². The highest BCUT2D eigenvalue weighted by atomic mass is 32.1. The smallest absolute Gasteiger partial charge is 0.349 e. The van der Waals surface area contributed by atoms with E-state index in [0.717, 1.165) is 10.5 Å². The van der Waals surface area contributed by atoms with E-state index in [9.17, 15) is 4.79 Å². The summed E-state index contributed by atoms with van der Waals surface area (Å²) in [6.45, 7) is 9.97. The molecule has 0 fully saturated rings. The predicted octanol–water partition coefficient (Wildman–Crippen LogP) is 3.52. The average Bonchev–Trinajstić information content (AvgIpc) is 2.58. The molecule has 0 unspecified atom stereocenters. The maximum Gasteiger partial charge on any atom is 0.349 e. The minimum Gasteiger partial charge on any atom is -0.487 e. The standard InChI is InChI=1S/C12H16O3S/c1-7(2)6-15-9-5-10(8(3)4)16-11(9)12(13)14/h5,8H,1,6H2,2-4H3,(H,13,14). The molecule has 1 aromatic rings. The van der Waals surface area contributed by atoms with Crippen molar-refractivity contribution in [1.82, 2.24) is 0 Å². The molecule has 0 aromatic carbocycles. The molecule has 1 N–H and O–H groups in total. The molecular weight excluding hydrogens is 224 g/mol. The van der Waals surface area contributed by atoms with Crippen LogP contribution in [0.4, 0.5) is 0 Å². The highest BCUT2D eigenvalue weighted by Gasteiger charge is 2.18. The highest BCUT2D eigenvalue weighted by Crippen LogP contribution is 2.33. The number of carbonyl (C=O) groups is 1. The van der Waals surface area contributed by atoms with Crippen molar-refractivity contribution in [2.75, 3.05) is 6.61 Å². The van der Waals surface area contributed by atoms with Crippen LogP contribution in [0.3, 0.4) is 0 Å². The monoisotopic (exact) mass is 240 g/mol. The van der Waals surface area contributed by atoms with Crippen LogP contribution >= 0.6 is 11.3 Å². The Morgan fingerprint density at radius 2 is 2.25 bits per heavy atom. The van der Waals surface area contributed by atoms with Crippen molar-refractivity contribution in [2.45, 2.75) is 26.7 Å². The minimum absolute atomic E-state index is 0.268. The predicted molar refractivity (Wildman–Crippen MR) is 65.7 cm³/mol.